The predicted octanol–water partition coefficient (Wildman–Crippen LogP) is 3.50. The van der Waals surface area contributed by atoms with Gasteiger partial charge in [-0.25, -0.2) is 9.18 Å². The Bertz CT molecular complexity index is 559. The fourth-order valence-electron chi connectivity index (χ4n) is 2.56. The van der Waals surface area contributed by atoms with Gasteiger partial charge in [-0.3, -0.25) is 0 Å². The van der Waals surface area contributed by atoms with Crippen molar-refractivity contribution in [1.82, 2.24) is 4.90 Å². The molecule has 0 aliphatic carbocycles. The molecule has 0 spiro atoms. The molecule has 0 bridgehead atoms. The third kappa shape index (κ3) is 3.98. The van der Waals surface area contributed by atoms with Gasteiger partial charge in [0, 0.05) is 6.54 Å². The van der Waals surface area contributed by atoms with Gasteiger partial charge in [0.15, 0.2) is 0 Å². The number of ether oxygens (including phenoxy) is 1. The number of likely N-dealkylation sites (tertiary alicyclic amines) is 1. The van der Waals surface area contributed by atoms with E-state index in [0.29, 0.717) is 23.0 Å². The number of carbonyl (C=O) groups excluding carboxylic acids is 1. The molecule has 122 valence electrons. The van der Waals surface area contributed by atoms with Crippen molar-refractivity contribution < 1.29 is 19.0 Å². The normalized spacial score (nSPS) is 22.0. The topological polar surface area (TPSA) is 49.8 Å². The van der Waals surface area contributed by atoms with Gasteiger partial charge in [0.1, 0.15) is 11.4 Å². The maximum absolute atomic E-state index is 14.1. The highest BCUT2D eigenvalue weighted by atomic mass is 79.9. The van der Waals surface area contributed by atoms with Crippen LogP contribution in [0.3, 0.4) is 0 Å². The second kappa shape index (κ2) is 6.54. The van der Waals surface area contributed by atoms with E-state index in [9.17, 15) is 14.3 Å². The van der Waals surface area contributed by atoms with Crippen LogP contribution in [-0.4, -0.2) is 40.4 Å². The number of amides is 1. The molecule has 1 aromatic carbocycles. The van der Waals surface area contributed by atoms with Crippen LogP contribution in [0.5, 0.6) is 0 Å². The van der Waals surface area contributed by atoms with Crippen LogP contribution in [-0.2, 0) is 11.2 Å². The summed E-state index contributed by atoms with van der Waals surface area (Å²) in [5.41, 5.74) is -0.134. The zero-order chi connectivity index (χ0) is 16.5. The minimum absolute atomic E-state index is 0.256. The number of benzene rings is 1. The lowest BCUT2D eigenvalue weighted by atomic mass is 10.0. The summed E-state index contributed by atoms with van der Waals surface area (Å²) in [4.78, 5) is 13.7. The Morgan fingerprint density at radius 3 is 2.82 bits per heavy atom. The number of rotatable bonds is 2. The number of hydrogen-bond acceptors (Lipinski definition) is 3. The van der Waals surface area contributed by atoms with E-state index in [-0.39, 0.29) is 12.2 Å². The lowest BCUT2D eigenvalue weighted by Gasteiger charge is -2.29. The van der Waals surface area contributed by atoms with E-state index in [1.807, 2.05) is 0 Å². The maximum Gasteiger partial charge on any atom is 0.410 e. The summed E-state index contributed by atoms with van der Waals surface area (Å²) in [7, 11) is 0. The molecule has 0 unspecified atom stereocenters. The molecule has 1 aliphatic heterocycles. The summed E-state index contributed by atoms with van der Waals surface area (Å²) in [6.07, 6.45) is -0.416. The molecule has 6 heteroatoms. The van der Waals surface area contributed by atoms with Crippen molar-refractivity contribution in [3.8, 4) is 0 Å². The largest absolute Gasteiger partial charge is 0.444 e. The highest BCUT2D eigenvalue weighted by Gasteiger charge is 2.38. The molecule has 1 amide bonds. The number of aliphatic hydroxyl groups excluding tert-OH is 1. The standard InChI is InChI=1S/C16H21BrFNO3/c1-16(2,3)22-15(21)19-8-7-13(20)12(19)9-10-5-4-6-11(17)14(10)18/h4-6,12-13,20H,7-9H2,1-3H3/t12-,13-/m0/s1. The van der Waals surface area contributed by atoms with Crippen LogP contribution in [0.1, 0.15) is 32.8 Å². The van der Waals surface area contributed by atoms with Crippen molar-refractivity contribution in [3.63, 3.8) is 0 Å². The quantitative estimate of drug-likeness (QED) is 0.862. The Morgan fingerprint density at radius 2 is 2.18 bits per heavy atom. The van der Waals surface area contributed by atoms with Crippen molar-refractivity contribution in [3.05, 3.63) is 34.1 Å². The molecule has 0 aromatic heterocycles. The number of halogens is 2. The SMILES string of the molecule is CC(C)(C)OC(=O)N1CC[C@H](O)[C@@H]1Cc1cccc(Br)c1F. The van der Waals surface area contributed by atoms with E-state index in [1.165, 1.54) is 4.90 Å². The van der Waals surface area contributed by atoms with Crippen LogP contribution in [0.4, 0.5) is 9.18 Å². The zero-order valence-corrected chi connectivity index (χ0v) is 14.6. The van der Waals surface area contributed by atoms with E-state index >= 15 is 0 Å². The Balaban J connectivity index is 2.16. The first kappa shape index (κ1) is 17.2. The molecule has 1 heterocycles. The molecule has 1 aromatic rings. The summed E-state index contributed by atoms with van der Waals surface area (Å²) >= 11 is 3.15. The minimum Gasteiger partial charge on any atom is -0.444 e. The third-order valence-corrected chi connectivity index (χ3v) is 4.21. The van der Waals surface area contributed by atoms with Crippen molar-refractivity contribution in [2.45, 2.75) is 51.4 Å². The first-order valence-corrected chi connectivity index (χ1v) is 8.09. The first-order valence-electron chi connectivity index (χ1n) is 7.29. The molecule has 1 fully saturated rings. The van der Waals surface area contributed by atoms with Gasteiger partial charge in [0.25, 0.3) is 0 Å². The average Bonchev–Trinajstić information content (AvgIpc) is 2.75. The molecule has 0 saturated carbocycles. The van der Waals surface area contributed by atoms with Gasteiger partial charge >= 0.3 is 6.09 Å². The Kier molecular flexibility index (Phi) is 5.12. The smallest absolute Gasteiger partial charge is 0.410 e. The van der Waals surface area contributed by atoms with Gasteiger partial charge in [-0.1, -0.05) is 12.1 Å². The highest BCUT2D eigenvalue weighted by molar-refractivity contribution is 9.10. The van der Waals surface area contributed by atoms with Crippen molar-refractivity contribution in [1.29, 1.82) is 0 Å². The summed E-state index contributed by atoms with van der Waals surface area (Å²) < 4.78 is 19.9. The fraction of sp³-hybridized carbons (Fsp3) is 0.562. The molecule has 0 radical (unpaired) electrons. The lowest BCUT2D eigenvalue weighted by molar-refractivity contribution is 0.0155. The van der Waals surface area contributed by atoms with Crippen LogP contribution < -0.4 is 0 Å². The van der Waals surface area contributed by atoms with E-state index < -0.39 is 23.8 Å². The Labute approximate surface area is 138 Å². The number of aliphatic hydroxyl groups is 1. The van der Waals surface area contributed by atoms with Crippen LogP contribution >= 0.6 is 15.9 Å². The second-order valence-corrected chi connectivity index (χ2v) is 7.37. The number of nitrogens with zero attached hydrogens (tertiary/aromatic N) is 1. The zero-order valence-electron chi connectivity index (χ0n) is 13.0. The van der Waals surface area contributed by atoms with E-state index in [1.54, 1.807) is 39.0 Å². The molecule has 2 atom stereocenters. The van der Waals surface area contributed by atoms with Crippen LogP contribution in [0.25, 0.3) is 0 Å². The van der Waals surface area contributed by atoms with Gasteiger partial charge in [0.05, 0.1) is 16.6 Å². The molecule has 22 heavy (non-hydrogen) atoms. The molecular formula is C16H21BrFNO3. The Hall–Kier alpha value is -1.14. The molecule has 4 nitrogen and oxygen atoms in total. The minimum atomic E-state index is -0.675. The number of hydrogen-bond donors (Lipinski definition) is 1. The predicted molar refractivity (Wildman–Crippen MR) is 85.2 cm³/mol. The monoisotopic (exact) mass is 373 g/mol. The molecular weight excluding hydrogens is 353 g/mol. The fourth-order valence-corrected chi connectivity index (χ4v) is 2.97. The van der Waals surface area contributed by atoms with Crippen molar-refractivity contribution in [2.75, 3.05) is 6.54 Å². The molecule has 2 rings (SSSR count). The van der Waals surface area contributed by atoms with Crippen LogP contribution in [0, 0.1) is 5.82 Å². The van der Waals surface area contributed by atoms with Gasteiger partial charge in [-0.2, -0.15) is 0 Å². The van der Waals surface area contributed by atoms with Crippen LogP contribution in [0.2, 0.25) is 0 Å². The molecule has 1 aliphatic rings. The summed E-state index contributed by atoms with van der Waals surface area (Å²) in [6.45, 7) is 5.79. The summed E-state index contributed by atoms with van der Waals surface area (Å²) in [5.74, 6) is -0.356. The second-order valence-electron chi connectivity index (χ2n) is 6.51. The van der Waals surface area contributed by atoms with Crippen molar-refractivity contribution >= 4 is 22.0 Å². The highest BCUT2D eigenvalue weighted by Crippen LogP contribution is 2.27. The van der Waals surface area contributed by atoms with E-state index in [4.69, 9.17) is 4.74 Å². The van der Waals surface area contributed by atoms with E-state index in [0.717, 1.165) is 0 Å². The Morgan fingerprint density at radius 1 is 1.50 bits per heavy atom. The maximum atomic E-state index is 14.1. The summed E-state index contributed by atoms with van der Waals surface area (Å²) in [6, 6.07) is 4.55. The molecule has 1 saturated heterocycles. The van der Waals surface area contributed by atoms with Gasteiger partial charge < -0.3 is 14.7 Å². The first-order chi connectivity index (χ1) is 10.2. The van der Waals surface area contributed by atoms with E-state index in [2.05, 4.69) is 15.9 Å². The van der Waals surface area contributed by atoms with Gasteiger partial charge in [0.2, 0.25) is 0 Å². The third-order valence-electron chi connectivity index (χ3n) is 3.60. The van der Waals surface area contributed by atoms with Crippen LogP contribution in [0.15, 0.2) is 22.7 Å². The lowest BCUT2D eigenvalue weighted by Crippen LogP contribution is -2.43. The van der Waals surface area contributed by atoms with Gasteiger partial charge in [-0.15, -0.1) is 0 Å². The summed E-state index contributed by atoms with van der Waals surface area (Å²) in [5, 5.41) is 10.1. The van der Waals surface area contributed by atoms with Crippen molar-refractivity contribution in [2.24, 2.45) is 0 Å². The average molecular weight is 374 g/mol. The molecule has 1 N–H and O–H groups in total. The number of carbonyl (C=O) groups is 1. The van der Waals surface area contributed by atoms with Gasteiger partial charge in [-0.05, 0) is 61.2 Å².